The van der Waals surface area contributed by atoms with E-state index in [0.717, 1.165) is 5.39 Å². The van der Waals surface area contributed by atoms with Gasteiger partial charge in [-0.1, -0.05) is 11.6 Å². The van der Waals surface area contributed by atoms with E-state index >= 15 is 8.78 Å². The van der Waals surface area contributed by atoms with Gasteiger partial charge in [-0.25, -0.2) is 8.78 Å². The number of halogens is 3. The zero-order chi connectivity index (χ0) is 37.6. The van der Waals surface area contributed by atoms with Gasteiger partial charge in [0, 0.05) is 62.5 Å². The summed E-state index contributed by atoms with van der Waals surface area (Å²) in [4.78, 5) is 54.5. The summed E-state index contributed by atoms with van der Waals surface area (Å²) in [6.07, 6.45) is 1.16. The topological polar surface area (TPSA) is 176 Å². The van der Waals surface area contributed by atoms with Crippen molar-refractivity contribution in [1.29, 1.82) is 0 Å². The van der Waals surface area contributed by atoms with Crippen molar-refractivity contribution >= 4 is 68.7 Å². The van der Waals surface area contributed by atoms with Crippen LogP contribution in [0.4, 0.5) is 20.2 Å². The molecule has 3 amide bonds. The molecule has 0 aliphatic carbocycles. The molecule has 5 heterocycles. The number of hydrogen-bond donors (Lipinski definition) is 5. The Morgan fingerprint density at radius 2 is 1.91 bits per heavy atom. The molecule has 0 spiro atoms. The van der Waals surface area contributed by atoms with Gasteiger partial charge in [-0.2, -0.15) is 5.10 Å². The highest BCUT2D eigenvalue weighted by Crippen LogP contribution is 2.35. The van der Waals surface area contributed by atoms with E-state index in [1.165, 1.54) is 17.8 Å². The molecular formula is C35H37ClF2N10O5. The fourth-order valence-corrected chi connectivity index (χ4v) is 7.02. The van der Waals surface area contributed by atoms with Gasteiger partial charge < -0.3 is 30.2 Å². The number of allylic oxidation sites excluding steroid dienone is 1. The van der Waals surface area contributed by atoms with Crippen LogP contribution in [-0.2, 0) is 28.5 Å². The standard InChI is InChI=1S/C35H37ClF2N10O5/c1-39-29(50)16-53-26-13-18-12-19(4-8-24(18)46(2)33(26)52)41-31-23(36)15-40-34(44-31)42-27-10-11-48(17-35(27,37)38)20-5-6-21-25(14-20)47(3)45-30(21)22-7-9-28(49)43-32(22)51/h4-6,8,12-15,22,27,34,41-42,44H,7,9-11,16-17H2,1-3H3,(H,39,50)(H,43,49,51). The highest BCUT2D eigenvalue weighted by molar-refractivity contribution is 6.40. The number of fused-ring (bicyclic) bond motifs is 2. The average molecular weight is 751 g/mol. The molecule has 18 heteroatoms. The Kier molecular flexibility index (Phi) is 9.54. The minimum absolute atomic E-state index is 0.00797. The van der Waals surface area contributed by atoms with Gasteiger partial charge in [-0.15, -0.1) is 0 Å². The zero-order valence-corrected chi connectivity index (χ0v) is 29.8. The molecule has 2 fully saturated rings. The fraction of sp³-hybridized carbons (Fsp3) is 0.371. The van der Waals surface area contributed by atoms with E-state index in [4.69, 9.17) is 16.3 Å². The Balaban J connectivity index is 1.01. The molecule has 0 bridgehead atoms. The second kappa shape index (κ2) is 14.1. The van der Waals surface area contributed by atoms with E-state index in [1.807, 2.05) is 0 Å². The molecule has 3 unspecified atom stereocenters. The third-order valence-corrected chi connectivity index (χ3v) is 10.00. The number of carbonyl (C=O) groups is 3. The van der Waals surface area contributed by atoms with Crippen molar-refractivity contribution in [2.24, 2.45) is 19.1 Å². The maximum atomic E-state index is 15.8. The number of imide groups is 1. The number of piperidine rings is 2. The SMILES string of the molecule is CNC(=O)COc1cc2cc(NC3=C(Cl)C=NC(NC4CCN(c5ccc6c(C7CCC(=O)NC7=O)nn(C)c6c5)CC4(F)F)N3)ccc2n(C)c1=O. The Morgan fingerprint density at radius 1 is 1.09 bits per heavy atom. The number of alkyl halides is 2. The minimum atomic E-state index is -3.14. The molecule has 7 rings (SSSR count). The van der Waals surface area contributed by atoms with Crippen molar-refractivity contribution in [2.75, 3.05) is 37.0 Å². The molecule has 3 atom stereocenters. The van der Waals surface area contributed by atoms with Crippen LogP contribution in [0.3, 0.4) is 0 Å². The predicted molar refractivity (Wildman–Crippen MR) is 195 cm³/mol. The highest BCUT2D eigenvalue weighted by atomic mass is 35.5. The molecule has 2 aromatic carbocycles. The Hall–Kier alpha value is -5.55. The maximum absolute atomic E-state index is 15.8. The van der Waals surface area contributed by atoms with Gasteiger partial charge >= 0.3 is 0 Å². The van der Waals surface area contributed by atoms with Crippen LogP contribution in [0.2, 0.25) is 0 Å². The maximum Gasteiger partial charge on any atom is 0.293 e. The summed E-state index contributed by atoms with van der Waals surface area (Å²) in [5, 5.41) is 20.1. The summed E-state index contributed by atoms with van der Waals surface area (Å²) in [6.45, 7) is -0.521. The van der Waals surface area contributed by atoms with E-state index in [2.05, 4.69) is 36.7 Å². The average Bonchev–Trinajstić information content (AvgIpc) is 3.45. The molecule has 53 heavy (non-hydrogen) atoms. The van der Waals surface area contributed by atoms with Gasteiger partial charge in [-0.05, 0) is 55.3 Å². The summed E-state index contributed by atoms with van der Waals surface area (Å²) < 4.78 is 40.0. The lowest BCUT2D eigenvalue weighted by Gasteiger charge is -2.41. The van der Waals surface area contributed by atoms with Crippen molar-refractivity contribution in [3.8, 4) is 5.75 Å². The molecule has 0 saturated carbocycles. The lowest BCUT2D eigenvalue weighted by atomic mass is 9.92. The van der Waals surface area contributed by atoms with Gasteiger partial charge in [0.05, 0.1) is 40.3 Å². The molecule has 15 nitrogen and oxygen atoms in total. The number of anilines is 2. The molecule has 2 saturated heterocycles. The number of aromatic nitrogens is 3. The van der Waals surface area contributed by atoms with Gasteiger partial charge in [0.2, 0.25) is 11.8 Å². The molecule has 2 aromatic heterocycles. The van der Waals surface area contributed by atoms with Crippen LogP contribution in [-0.4, -0.2) is 83.3 Å². The molecular weight excluding hydrogens is 714 g/mol. The second-order valence-electron chi connectivity index (χ2n) is 13.2. The molecule has 0 radical (unpaired) electrons. The quantitative estimate of drug-likeness (QED) is 0.160. The monoisotopic (exact) mass is 750 g/mol. The lowest BCUT2D eigenvalue weighted by Crippen LogP contribution is -2.61. The minimum Gasteiger partial charge on any atom is -0.478 e. The molecule has 4 aromatic rings. The van der Waals surface area contributed by atoms with E-state index in [1.54, 1.807) is 66.1 Å². The molecule has 3 aliphatic rings. The van der Waals surface area contributed by atoms with Crippen LogP contribution in [0.1, 0.15) is 30.9 Å². The van der Waals surface area contributed by atoms with Crippen LogP contribution in [0.15, 0.2) is 63.1 Å². The number of aliphatic imine (C=N–C) groups is 1. The number of aryl methyl sites for hydroxylation is 2. The second-order valence-corrected chi connectivity index (χ2v) is 13.6. The number of ether oxygens (including phenoxy) is 1. The number of amides is 3. The first-order valence-electron chi connectivity index (χ1n) is 16.9. The van der Waals surface area contributed by atoms with Crippen molar-refractivity contribution in [3.05, 3.63) is 69.4 Å². The zero-order valence-electron chi connectivity index (χ0n) is 29.0. The predicted octanol–water partition coefficient (Wildman–Crippen LogP) is 2.35. The van der Waals surface area contributed by atoms with Crippen LogP contribution in [0, 0.1) is 0 Å². The number of carbonyl (C=O) groups excluding carboxylic acids is 3. The summed E-state index contributed by atoms with van der Waals surface area (Å²) in [5.74, 6) is -4.44. The normalized spacial score (nSPS) is 21.5. The third-order valence-electron chi connectivity index (χ3n) is 9.71. The van der Waals surface area contributed by atoms with E-state index in [0.29, 0.717) is 52.3 Å². The fourth-order valence-electron chi connectivity index (χ4n) is 6.86. The van der Waals surface area contributed by atoms with Crippen molar-refractivity contribution in [3.63, 3.8) is 0 Å². The first-order valence-corrected chi connectivity index (χ1v) is 17.3. The lowest BCUT2D eigenvalue weighted by molar-refractivity contribution is -0.134. The van der Waals surface area contributed by atoms with Crippen molar-refractivity contribution in [1.82, 2.24) is 35.6 Å². The number of likely N-dealkylation sites (N-methyl/N-ethyl adjacent to an activating group) is 1. The molecule has 278 valence electrons. The van der Waals surface area contributed by atoms with Gasteiger partial charge in [0.15, 0.2) is 18.6 Å². The van der Waals surface area contributed by atoms with Gasteiger partial charge in [-0.3, -0.25) is 39.5 Å². The van der Waals surface area contributed by atoms with Crippen molar-refractivity contribution in [2.45, 2.75) is 43.4 Å². The van der Waals surface area contributed by atoms with Crippen molar-refractivity contribution < 1.29 is 27.9 Å². The van der Waals surface area contributed by atoms with E-state index < -0.39 is 36.3 Å². The first-order chi connectivity index (χ1) is 25.3. The van der Waals surface area contributed by atoms with E-state index in [9.17, 15) is 19.2 Å². The van der Waals surface area contributed by atoms with Gasteiger partial charge in [0.1, 0.15) is 5.82 Å². The summed E-state index contributed by atoms with van der Waals surface area (Å²) in [6, 6.07) is 10.9. The summed E-state index contributed by atoms with van der Waals surface area (Å²) >= 11 is 6.45. The number of rotatable bonds is 9. The summed E-state index contributed by atoms with van der Waals surface area (Å²) in [5.41, 5.74) is 2.66. The summed E-state index contributed by atoms with van der Waals surface area (Å²) in [7, 11) is 4.80. The number of hydrogen-bond acceptors (Lipinski definition) is 11. The van der Waals surface area contributed by atoms with Crippen LogP contribution in [0.5, 0.6) is 5.75 Å². The van der Waals surface area contributed by atoms with Crippen LogP contribution in [0.25, 0.3) is 21.8 Å². The Labute approximate surface area is 306 Å². The molecule has 5 N–H and O–H groups in total. The Morgan fingerprint density at radius 3 is 2.66 bits per heavy atom. The number of nitrogens with zero attached hydrogens (tertiary/aromatic N) is 5. The number of benzene rings is 2. The van der Waals surface area contributed by atoms with E-state index in [-0.39, 0.29) is 48.0 Å². The smallest absolute Gasteiger partial charge is 0.293 e. The van der Waals surface area contributed by atoms with Crippen LogP contribution >= 0.6 is 11.6 Å². The number of pyridine rings is 1. The first kappa shape index (κ1) is 35.8. The Bertz CT molecular complexity index is 2270. The largest absolute Gasteiger partial charge is 0.478 e. The van der Waals surface area contributed by atoms with Gasteiger partial charge in [0.25, 0.3) is 17.4 Å². The van der Waals surface area contributed by atoms with Crippen LogP contribution < -0.4 is 41.8 Å². The molecule has 3 aliphatic heterocycles. The number of nitrogens with one attached hydrogen (secondary N) is 5. The highest BCUT2D eigenvalue weighted by Gasteiger charge is 2.46. The third kappa shape index (κ3) is 7.13.